The lowest BCUT2D eigenvalue weighted by Gasteiger charge is -2.13. The van der Waals surface area contributed by atoms with Crippen molar-refractivity contribution >= 4 is 5.91 Å². The summed E-state index contributed by atoms with van der Waals surface area (Å²) in [5.41, 5.74) is 0.757. The number of hydrogen-bond acceptors (Lipinski definition) is 4. The van der Waals surface area contributed by atoms with E-state index < -0.39 is 6.10 Å². The molecule has 0 aliphatic carbocycles. The maximum atomic E-state index is 11.3. The van der Waals surface area contributed by atoms with E-state index >= 15 is 0 Å². The van der Waals surface area contributed by atoms with Gasteiger partial charge in [0.2, 0.25) is 5.91 Å². The second-order valence-electron chi connectivity index (χ2n) is 4.14. The van der Waals surface area contributed by atoms with Gasteiger partial charge in [0.15, 0.2) is 11.5 Å². The Labute approximate surface area is 113 Å². The monoisotopic (exact) mass is 267 g/mol. The van der Waals surface area contributed by atoms with Crippen LogP contribution in [0.25, 0.3) is 0 Å². The highest BCUT2D eigenvalue weighted by Crippen LogP contribution is 2.30. The van der Waals surface area contributed by atoms with Crippen molar-refractivity contribution in [2.75, 3.05) is 20.3 Å². The quantitative estimate of drug-likeness (QED) is 0.788. The van der Waals surface area contributed by atoms with Crippen LogP contribution in [0.3, 0.4) is 0 Å². The Hall–Kier alpha value is -1.75. The molecule has 19 heavy (non-hydrogen) atoms. The molecule has 1 atom stereocenters. The highest BCUT2D eigenvalue weighted by molar-refractivity contribution is 5.75. The summed E-state index contributed by atoms with van der Waals surface area (Å²) in [6.07, 6.45) is -0.256. The maximum Gasteiger partial charge on any atom is 0.223 e. The minimum absolute atomic E-state index is 0.0398. The first-order valence-corrected chi connectivity index (χ1v) is 6.34. The number of carbonyl (C=O) groups excluding carboxylic acids is 1. The predicted molar refractivity (Wildman–Crippen MR) is 72.4 cm³/mol. The third-order valence-corrected chi connectivity index (χ3v) is 2.63. The Balaban J connectivity index is 2.60. The van der Waals surface area contributed by atoms with Crippen LogP contribution < -0.4 is 14.8 Å². The molecule has 0 bridgehead atoms. The van der Waals surface area contributed by atoms with E-state index in [9.17, 15) is 9.90 Å². The van der Waals surface area contributed by atoms with Gasteiger partial charge >= 0.3 is 0 Å². The number of methoxy groups -OCH3 is 1. The van der Waals surface area contributed by atoms with Crippen molar-refractivity contribution in [2.24, 2.45) is 0 Å². The molecule has 0 unspecified atom stereocenters. The van der Waals surface area contributed by atoms with Crippen molar-refractivity contribution < 1.29 is 19.4 Å². The molecule has 0 heterocycles. The fraction of sp³-hybridized carbons (Fsp3) is 0.500. The van der Waals surface area contributed by atoms with Crippen molar-refractivity contribution in [3.63, 3.8) is 0 Å². The van der Waals surface area contributed by atoms with Crippen LogP contribution in [-0.2, 0) is 4.79 Å². The molecule has 0 saturated carbocycles. The van der Waals surface area contributed by atoms with Crippen molar-refractivity contribution in [1.29, 1.82) is 0 Å². The SMILES string of the molecule is CCNC(=O)CCOc1ccc([C@@H](C)O)cc1OC. The van der Waals surface area contributed by atoms with Crippen molar-refractivity contribution in [3.05, 3.63) is 23.8 Å². The number of rotatable bonds is 7. The number of carbonyl (C=O) groups is 1. The lowest BCUT2D eigenvalue weighted by Crippen LogP contribution is -2.24. The summed E-state index contributed by atoms with van der Waals surface area (Å²) >= 11 is 0. The molecule has 0 aliphatic rings. The van der Waals surface area contributed by atoms with E-state index in [1.54, 1.807) is 25.1 Å². The molecule has 0 saturated heterocycles. The first-order chi connectivity index (χ1) is 9.08. The van der Waals surface area contributed by atoms with Crippen LogP contribution in [0.15, 0.2) is 18.2 Å². The summed E-state index contributed by atoms with van der Waals surface area (Å²) in [5, 5.41) is 12.2. The third-order valence-electron chi connectivity index (χ3n) is 2.63. The van der Waals surface area contributed by atoms with Gasteiger partial charge in [-0.1, -0.05) is 6.07 Å². The molecular formula is C14H21NO4. The lowest BCUT2D eigenvalue weighted by molar-refractivity contribution is -0.121. The molecule has 0 radical (unpaired) electrons. The van der Waals surface area contributed by atoms with Crippen LogP contribution in [0.2, 0.25) is 0 Å². The van der Waals surface area contributed by atoms with Crippen molar-refractivity contribution in [1.82, 2.24) is 5.32 Å². The molecule has 1 amide bonds. The minimum Gasteiger partial charge on any atom is -0.493 e. The molecule has 1 rings (SSSR count). The van der Waals surface area contributed by atoms with Crippen molar-refractivity contribution in [2.45, 2.75) is 26.4 Å². The Morgan fingerprint density at radius 2 is 2.16 bits per heavy atom. The molecule has 1 aromatic rings. The van der Waals surface area contributed by atoms with E-state index in [1.807, 2.05) is 6.92 Å². The van der Waals surface area contributed by atoms with Crippen LogP contribution in [-0.4, -0.2) is 31.3 Å². The lowest BCUT2D eigenvalue weighted by atomic mass is 10.1. The van der Waals surface area contributed by atoms with Crippen molar-refractivity contribution in [3.8, 4) is 11.5 Å². The number of ether oxygens (including phenoxy) is 2. The van der Waals surface area contributed by atoms with E-state index in [0.717, 1.165) is 5.56 Å². The fourth-order valence-electron chi connectivity index (χ4n) is 1.60. The van der Waals surface area contributed by atoms with Crippen LogP contribution >= 0.6 is 0 Å². The highest BCUT2D eigenvalue weighted by Gasteiger charge is 2.09. The Bertz CT molecular complexity index is 418. The van der Waals surface area contributed by atoms with E-state index in [2.05, 4.69) is 5.32 Å². The molecule has 5 heteroatoms. The van der Waals surface area contributed by atoms with Gasteiger partial charge in [-0.25, -0.2) is 0 Å². The number of amides is 1. The summed E-state index contributed by atoms with van der Waals surface area (Å²) in [6, 6.07) is 5.24. The van der Waals surface area contributed by atoms with Gasteiger partial charge in [0.05, 0.1) is 26.2 Å². The highest BCUT2D eigenvalue weighted by atomic mass is 16.5. The number of aliphatic hydroxyl groups excluding tert-OH is 1. The van der Waals surface area contributed by atoms with Gasteiger partial charge in [-0.2, -0.15) is 0 Å². The number of nitrogens with one attached hydrogen (secondary N) is 1. The number of aliphatic hydroxyl groups is 1. The minimum atomic E-state index is -0.557. The average Bonchev–Trinajstić information content (AvgIpc) is 2.39. The summed E-state index contributed by atoms with van der Waals surface area (Å²) in [6.45, 7) is 4.46. The van der Waals surface area contributed by atoms with Gasteiger partial charge in [-0.15, -0.1) is 0 Å². The van der Waals surface area contributed by atoms with Crippen LogP contribution in [0.1, 0.15) is 31.9 Å². The van der Waals surface area contributed by atoms with Crippen LogP contribution in [0.4, 0.5) is 0 Å². The molecule has 5 nitrogen and oxygen atoms in total. The van der Waals surface area contributed by atoms with Crippen LogP contribution in [0.5, 0.6) is 11.5 Å². The van der Waals surface area contributed by atoms with Gasteiger partial charge < -0.3 is 19.9 Å². The third kappa shape index (κ3) is 4.79. The second-order valence-corrected chi connectivity index (χ2v) is 4.14. The van der Waals surface area contributed by atoms with E-state index in [0.29, 0.717) is 24.5 Å². The summed E-state index contributed by atoms with van der Waals surface area (Å²) in [5.74, 6) is 1.08. The molecule has 106 valence electrons. The van der Waals surface area contributed by atoms with E-state index in [1.165, 1.54) is 7.11 Å². The Morgan fingerprint density at radius 3 is 2.74 bits per heavy atom. The van der Waals surface area contributed by atoms with Crippen LogP contribution in [0, 0.1) is 0 Å². The smallest absolute Gasteiger partial charge is 0.223 e. The molecular weight excluding hydrogens is 246 g/mol. The molecule has 0 fully saturated rings. The van der Waals surface area contributed by atoms with E-state index in [4.69, 9.17) is 9.47 Å². The maximum absolute atomic E-state index is 11.3. The summed E-state index contributed by atoms with van der Waals surface area (Å²) < 4.78 is 10.7. The Kier molecular flexibility index (Phi) is 6.15. The summed E-state index contributed by atoms with van der Waals surface area (Å²) in [4.78, 5) is 11.3. The standard InChI is InChI=1S/C14H21NO4/c1-4-15-14(17)7-8-19-12-6-5-11(10(2)16)9-13(12)18-3/h5-6,9-10,16H,4,7-8H2,1-3H3,(H,15,17)/t10-/m1/s1. The number of hydrogen-bond donors (Lipinski definition) is 2. The van der Waals surface area contributed by atoms with Gasteiger partial charge in [-0.05, 0) is 31.5 Å². The zero-order chi connectivity index (χ0) is 14.3. The van der Waals surface area contributed by atoms with Gasteiger partial charge in [-0.3, -0.25) is 4.79 Å². The Morgan fingerprint density at radius 1 is 1.42 bits per heavy atom. The zero-order valence-electron chi connectivity index (χ0n) is 11.6. The number of benzene rings is 1. The first kappa shape index (κ1) is 15.3. The zero-order valence-corrected chi connectivity index (χ0v) is 11.6. The molecule has 0 aliphatic heterocycles. The second kappa shape index (κ2) is 7.63. The fourth-order valence-corrected chi connectivity index (χ4v) is 1.60. The topological polar surface area (TPSA) is 67.8 Å². The van der Waals surface area contributed by atoms with Gasteiger partial charge in [0.1, 0.15) is 0 Å². The molecule has 0 aromatic heterocycles. The molecule has 0 spiro atoms. The molecule has 2 N–H and O–H groups in total. The largest absolute Gasteiger partial charge is 0.493 e. The average molecular weight is 267 g/mol. The van der Waals surface area contributed by atoms with E-state index in [-0.39, 0.29) is 12.5 Å². The summed E-state index contributed by atoms with van der Waals surface area (Å²) in [7, 11) is 1.54. The first-order valence-electron chi connectivity index (χ1n) is 6.34. The predicted octanol–water partition coefficient (Wildman–Crippen LogP) is 1.65. The van der Waals surface area contributed by atoms with Gasteiger partial charge in [0, 0.05) is 6.54 Å². The van der Waals surface area contributed by atoms with Gasteiger partial charge in [0.25, 0.3) is 0 Å². The molecule has 1 aromatic carbocycles. The normalized spacial score (nSPS) is 11.8.